The fraction of sp³-hybridized carbons (Fsp3) is 0.424. The number of ether oxygens (including phenoxy) is 1. The summed E-state index contributed by atoms with van der Waals surface area (Å²) in [6, 6.07) is 8.84. The maximum atomic E-state index is 12.8. The lowest BCUT2D eigenvalue weighted by Gasteiger charge is -2.42. The van der Waals surface area contributed by atoms with Gasteiger partial charge in [0.2, 0.25) is 5.95 Å². The summed E-state index contributed by atoms with van der Waals surface area (Å²) in [6.07, 6.45) is 5.46. The summed E-state index contributed by atoms with van der Waals surface area (Å²) >= 11 is 1.52. The number of rotatable bonds is 11. The average Bonchev–Trinajstić information content (AvgIpc) is 3.50. The number of carbonyl (C=O) groups excluding carboxylic acids is 1. The summed E-state index contributed by atoms with van der Waals surface area (Å²) in [6.45, 7) is 18.3. The summed E-state index contributed by atoms with van der Waals surface area (Å²) in [5.74, 6) is 1.46. The van der Waals surface area contributed by atoms with Crippen LogP contribution >= 0.6 is 11.3 Å². The number of piperazine rings is 1. The predicted octanol–water partition coefficient (Wildman–Crippen LogP) is 5.22. The Balaban J connectivity index is 1.33. The van der Waals surface area contributed by atoms with Crippen molar-refractivity contribution >= 4 is 50.6 Å². The second-order valence-electron chi connectivity index (χ2n) is 11.6. The number of hydrogen-bond donors (Lipinski definition) is 3. The Morgan fingerprint density at radius 2 is 1.82 bits per heavy atom. The van der Waals surface area contributed by atoms with E-state index in [1.807, 2.05) is 31.4 Å². The van der Waals surface area contributed by atoms with Gasteiger partial charge in [0.1, 0.15) is 5.75 Å². The monoisotopic (exact) mass is 616 g/mol. The molecule has 2 aliphatic rings. The first-order valence-corrected chi connectivity index (χ1v) is 16.1. The van der Waals surface area contributed by atoms with E-state index in [4.69, 9.17) is 14.7 Å². The molecule has 2 fully saturated rings. The van der Waals surface area contributed by atoms with E-state index >= 15 is 0 Å². The fourth-order valence-corrected chi connectivity index (χ4v) is 6.58. The highest BCUT2D eigenvalue weighted by atomic mass is 32.1. The van der Waals surface area contributed by atoms with Crippen molar-refractivity contribution in [3.05, 3.63) is 66.2 Å². The van der Waals surface area contributed by atoms with Crippen LogP contribution in [-0.2, 0) is 4.79 Å². The number of methoxy groups -OCH3 is 1. The minimum absolute atomic E-state index is 0.0161. The van der Waals surface area contributed by atoms with Gasteiger partial charge < -0.3 is 30.5 Å². The van der Waals surface area contributed by atoms with Gasteiger partial charge in [0.15, 0.2) is 5.82 Å². The van der Waals surface area contributed by atoms with Crippen molar-refractivity contribution in [1.29, 1.82) is 0 Å². The lowest BCUT2D eigenvalue weighted by atomic mass is 10.0. The third-order valence-corrected chi connectivity index (χ3v) is 9.15. The number of benzene rings is 1. The molecule has 44 heavy (non-hydrogen) atoms. The first kappa shape index (κ1) is 31.5. The molecule has 0 atom stereocenters. The molecule has 0 saturated carbocycles. The van der Waals surface area contributed by atoms with E-state index in [2.05, 4.69) is 63.0 Å². The molecule has 3 aromatic rings. The van der Waals surface area contributed by atoms with Crippen LogP contribution < -0.4 is 25.6 Å². The first-order valence-electron chi connectivity index (χ1n) is 15.2. The number of thiophene rings is 1. The standard InChI is InChI=1S/C33H44N8O2S/c1-7-25(32(42)34-22(3)4)26(8-2)35-31-30-28(13-20-44-30)37-33(38-31)36-27-10-9-24(21-29(27)43-6)40-14-11-23(12-15-40)41-18-16-39(5)17-19-41/h7-10,13,20-23H,1-2,11-12,14-19H2,3-6H3,(H,34,42)(H2,35,36,37,38)/b26-25-. The van der Waals surface area contributed by atoms with E-state index in [1.165, 1.54) is 43.3 Å². The van der Waals surface area contributed by atoms with E-state index in [0.29, 0.717) is 29.1 Å². The minimum atomic E-state index is -0.236. The van der Waals surface area contributed by atoms with Crippen LogP contribution in [-0.4, -0.2) is 91.2 Å². The SMILES string of the molecule is C=C/C(Nc1nc(Nc2ccc(N3CCC(N4CCN(C)CC4)CC3)cc2OC)nc2ccsc12)=C(\C=C)C(=O)NC(C)C. The highest BCUT2D eigenvalue weighted by Crippen LogP contribution is 2.35. The molecule has 3 N–H and O–H groups in total. The maximum Gasteiger partial charge on any atom is 0.253 e. The topological polar surface area (TPSA) is 97.9 Å². The Hall–Kier alpha value is -3.93. The largest absolute Gasteiger partial charge is 0.494 e. The number of allylic oxidation sites excluding steroid dienone is 1. The zero-order valence-electron chi connectivity index (χ0n) is 26.2. The van der Waals surface area contributed by atoms with Crippen LogP contribution in [0.3, 0.4) is 0 Å². The molecule has 5 rings (SSSR count). The number of fused-ring (bicyclic) bond motifs is 1. The molecule has 11 heteroatoms. The Labute approximate surface area is 264 Å². The Morgan fingerprint density at radius 1 is 1.07 bits per heavy atom. The number of amides is 1. The number of nitrogens with zero attached hydrogens (tertiary/aromatic N) is 5. The van der Waals surface area contributed by atoms with Gasteiger partial charge in [-0.1, -0.05) is 19.2 Å². The third kappa shape index (κ3) is 7.23. The number of aromatic nitrogens is 2. The van der Waals surface area contributed by atoms with Crippen molar-refractivity contribution in [2.75, 3.05) is 69.0 Å². The Bertz CT molecular complexity index is 1520. The summed E-state index contributed by atoms with van der Waals surface area (Å²) in [7, 11) is 3.89. The summed E-state index contributed by atoms with van der Waals surface area (Å²) in [4.78, 5) is 29.9. The van der Waals surface area contributed by atoms with Crippen molar-refractivity contribution < 1.29 is 9.53 Å². The molecule has 10 nitrogen and oxygen atoms in total. The highest BCUT2D eigenvalue weighted by Gasteiger charge is 2.27. The van der Waals surface area contributed by atoms with Gasteiger partial charge >= 0.3 is 0 Å². The Morgan fingerprint density at radius 3 is 2.48 bits per heavy atom. The minimum Gasteiger partial charge on any atom is -0.494 e. The average molecular weight is 617 g/mol. The zero-order chi connectivity index (χ0) is 31.2. The molecule has 2 aliphatic heterocycles. The smallest absolute Gasteiger partial charge is 0.253 e. The van der Waals surface area contributed by atoms with Crippen molar-refractivity contribution in [1.82, 2.24) is 25.1 Å². The van der Waals surface area contributed by atoms with Gasteiger partial charge in [-0.15, -0.1) is 11.3 Å². The van der Waals surface area contributed by atoms with Crippen molar-refractivity contribution in [3.63, 3.8) is 0 Å². The van der Waals surface area contributed by atoms with Crippen LogP contribution in [0, 0.1) is 0 Å². The number of nitrogens with one attached hydrogen (secondary N) is 3. The molecule has 234 valence electrons. The van der Waals surface area contributed by atoms with E-state index in [1.54, 1.807) is 13.2 Å². The molecule has 0 bridgehead atoms. The number of carbonyl (C=O) groups is 1. The van der Waals surface area contributed by atoms with E-state index < -0.39 is 0 Å². The summed E-state index contributed by atoms with van der Waals surface area (Å²) < 4.78 is 6.68. The second kappa shape index (κ2) is 14.2. The molecule has 0 radical (unpaired) electrons. The molecule has 2 aromatic heterocycles. The van der Waals surface area contributed by atoms with E-state index in [0.717, 1.165) is 53.5 Å². The van der Waals surface area contributed by atoms with Crippen LogP contribution in [0.4, 0.5) is 23.1 Å². The highest BCUT2D eigenvalue weighted by molar-refractivity contribution is 7.17. The maximum absolute atomic E-state index is 12.8. The number of likely N-dealkylation sites (N-methyl/N-ethyl adjacent to an activating group) is 1. The van der Waals surface area contributed by atoms with Gasteiger partial charge in [-0.3, -0.25) is 9.69 Å². The van der Waals surface area contributed by atoms with Crippen molar-refractivity contribution in [2.45, 2.75) is 38.8 Å². The third-order valence-electron chi connectivity index (χ3n) is 8.23. The fourth-order valence-electron chi connectivity index (χ4n) is 5.80. The van der Waals surface area contributed by atoms with Crippen molar-refractivity contribution in [2.24, 2.45) is 0 Å². The molecule has 4 heterocycles. The number of piperidine rings is 1. The van der Waals surface area contributed by atoms with E-state index in [-0.39, 0.29) is 11.9 Å². The van der Waals surface area contributed by atoms with Gasteiger partial charge in [-0.25, -0.2) is 4.98 Å². The summed E-state index contributed by atoms with van der Waals surface area (Å²) in [5.41, 5.74) is 3.60. The first-order chi connectivity index (χ1) is 21.3. The molecular formula is C33H44N8O2S. The van der Waals surface area contributed by atoms with E-state index in [9.17, 15) is 4.79 Å². The summed E-state index contributed by atoms with van der Waals surface area (Å²) in [5, 5.41) is 11.5. The molecule has 1 amide bonds. The van der Waals surface area contributed by atoms with Crippen LogP contribution in [0.5, 0.6) is 5.75 Å². The molecule has 0 aliphatic carbocycles. The van der Waals surface area contributed by atoms with Crippen LogP contribution in [0.2, 0.25) is 0 Å². The van der Waals surface area contributed by atoms with Gasteiger partial charge in [-0.05, 0) is 63.4 Å². The van der Waals surface area contributed by atoms with Crippen LogP contribution in [0.25, 0.3) is 10.2 Å². The second-order valence-corrected chi connectivity index (χ2v) is 12.5. The molecule has 0 spiro atoms. The van der Waals surface area contributed by atoms with Crippen molar-refractivity contribution in [3.8, 4) is 5.75 Å². The molecule has 1 aromatic carbocycles. The lowest BCUT2D eigenvalue weighted by Crippen LogP contribution is -2.52. The molecule has 0 unspecified atom stereocenters. The Kier molecular flexibility index (Phi) is 10.2. The number of anilines is 4. The zero-order valence-corrected chi connectivity index (χ0v) is 27.0. The van der Waals surface area contributed by atoms with Crippen LogP contribution in [0.15, 0.2) is 66.2 Å². The molecule has 2 saturated heterocycles. The van der Waals surface area contributed by atoms with Gasteiger partial charge in [0, 0.05) is 63.1 Å². The predicted molar refractivity (Wildman–Crippen MR) is 182 cm³/mol. The normalized spacial score (nSPS) is 17.3. The van der Waals surface area contributed by atoms with Gasteiger partial charge in [0.25, 0.3) is 5.91 Å². The quantitative estimate of drug-likeness (QED) is 0.198. The van der Waals surface area contributed by atoms with Crippen LogP contribution in [0.1, 0.15) is 26.7 Å². The lowest BCUT2D eigenvalue weighted by molar-refractivity contribution is -0.117. The molecular weight excluding hydrogens is 572 g/mol. The van der Waals surface area contributed by atoms with Gasteiger partial charge in [-0.2, -0.15) is 4.98 Å². The van der Waals surface area contributed by atoms with Gasteiger partial charge in [0.05, 0.1) is 34.3 Å². The number of hydrogen-bond acceptors (Lipinski definition) is 10.